The SMILES string of the molecule is N#C[C@H]1CCCN1C(=O)CNCCN1CCN(c2ccccc2F)C1=O.O=C(O)C(=O)O. The summed E-state index contributed by atoms with van der Waals surface area (Å²) in [5, 5.41) is 26.8. The summed E-state index contributed by atoms with van der Waals surface area (Å²) in [7, 11) is 0. The predicted octanol–water partition coefficient (Wildman–Crippen LogP) is 0.327. The molecule has 0 aromatic heterocycles. The number of carbonyl (C=O) groups excluding carboxylic acids is 2. The maximum atomic E-state index is 13.9. The predicted molar refractivity (Wildman–Crippen MR) is 109 cm³/mol. The normalized spacial score (nSPS) is 17.6. The van der Waals surface area contributed by atoms with Crippen LogP contribution in [0.15, 0.2) is 24.3 Å². The van der Waals surface area contributed by atoms with Gasteiger partial charge in [-0.1, -0.05) is 12.1 Å². The summed E-state index contributed by atoms with van der Waals surface area (Å²) in [5.74, 6) is -4.15. The summed E-state index contributed by atoms with van der Waals surface area (Å²) < 4.78 is 13.9. The van der Waals surface area contributed by atoms with Crippen LogP contribution in [0.5, 0.6) is 0 Å². The highest BCUT2D eigenvalue weighted by molar-refractivity contribution is 6.27. The molecule has 0 spiro atoms. The Bertz CT molecular complexity index is 893. The van der Waals surface area contributed by atoms with Crippen molar-refractivity contribution in [1.82, 2.24) is 15.1 Å². The molecular weight excluding hydrogens is 425 g/mol. The van der Waals surface area contributed by atoms with Crippen LogP contribution in [0.3, 0.4) is 0 Å². The van der Waals surface area contributed by atoms with Crippen LogP contribution in [-0.2, 0) is 14.4 Å². The van der Waals surface area contributed by atoms with E-state index >= 15 is 0 Å². The van der Waals surface area contributed by atoms with Gasteiger partial charge in [0.15, 0.2) is 0 Å². The zero-order chi connectivity index (χ0) is 23.7. The van der Waals surface area contributed by atoms with E-state index in [1.165, 1.54) is 11.0 Å². The van der Waals surface area contributed by atoms with Gasteiger partial charge in [-0.05, 0) is 25.0 Å². The van der Waals surface area contributed by atoms with E-state index in [1.54, 1.807) is 28.0 Å². The molecule has 0 unspecified atom stereocenters. The van der Waals surface area contributed by atoms with Crippen molar-refractivity contribution in [1.29, 1.82) is 5.26 Å². The van der Waals surface area contributed by atoms with Crippen molar-refractivity contribution in [2.45, 2.75) is 18.9 Å². The number of carbonyl (C=O) groups is 4. The molecule has 2 aliphatic heterocycles. The van der Waals surface area contributed by atoms with Crippen LogP contribution in [0.1, 0.15) is 12.8 Å². The van der Waals surface area contributed by atoms with Crippen molar-refractivity contribution < 1.29 is 33.8 Å². The lowest BCUT2D eigenvalue weighted by Crippen LogP contribution is -2.43. The Morgan fingerprint density at radius 2 is 1.84 bits per heavy atom. The average Bonchev–Trinajstić information content (AvgIpc) is 3.38. The summed E-state index contributed by atoms with van der Waals surface area (Å²) in [6.45, 7) is 2.65. The molecule has 12 heteroatoms. The largest absolute Gasteiger partial charge is 0.473 e. The average molecular weight is 449 g/mol. The van der Waals surface area contributed by atoms with Gasteiger partial charge in [-0.3, -0.25) is 9.69 Å². The summed E-state index contributed by atoms with van der Waals surface area (Å²) >= 11 is 0. The Morgan fingerprint density at radius 3 is 2.47 bits per heavy atom. The fourth-order valence-electron chi connectivity index (χ4n) is 3.39. The number of urea groups is 1. The van der Waals surface area contributed by atoms with Crippen molar-refractivity contribution >= 4 is 29.6 Å². The van der Waals surface area contributed by atoms with E-state index in [2.05, 4.69) is 11.4 Å². The molecule has 11 nitrogen and oxygen atoms in total. The molecule has 0 radical (unpaired) electrons. The van der Waals surface area contributed by atoms with Gasteiger partial charge in [0.25, 0.3) is 0 Å². The van der Waals surface area contributed by atoms with E-state index in [1.807, 2.05) is 0 Å². The number of hydrogen-bond acceptors (Lipinski definition) is 6. The second-order valence-electron chi connectivity index (χ2n) is 7.03. The number of halogens is 1. The van der Waals surface area contributed by atoms with Crippen LogP contribution in [0.4, 0.5) is 14.9 Å². The number of para-hydroxylation sites is 1. The Kier molecular flexibility index (Phi) is 8.91. The lowest BCUT2D eigenvalue weighted by molar-refractivity contribution is -0.159. The van der Waals surface area contributed by atoms with Gasteiger partial charge in [-0.2, -0.15) is 5.26 Å². The molecule has 0 bridgehead atoms. The quantitative estimate of drug-likeness (QED) is 0.415. The van der Waals surface area contributed by atoms with Gasteiger partial charge in [0.1, 0.15) is 11.9 Å². The lowest BCUT2D eigenvalue weighted by Gasteiger charge is -2.21. The smallest absolute Gasteiger partial charge is 0.414 e. The second-order valence-corrected chi connectivity index (χ2v) is 7.03. The first kappa shape index (κ1) is 24.5. The van der Waals surface area contributed by atoms with Gasteiger partial charge < -0.3 is 25.3 Å². The third kappa shape index (κ3) is 6.39. The number of amides is 3. The number of nitriles is 1. The maximum absolute atomic E-state index is 13.9. The Morgan fingerprint density at radius 1 is 1.16 bits per heavy atom. The van der Waals surface area contributed by atoms with Gasteiger partial charge in [0.05, 0.1) is 18.3 Å². The van der Waals surface area contributed by atoms with Crippen LogP contribution < -0.4 is 10.2 Å². The minimum atomic E-state index is -1.82. The number of carboxylic acids is 2. The van der Waals surface area contributed by atoms with E-state index in [-0.39, 0.29) is 24.5 Å². The van der Waals surface area contributed by atoms with Crippen molar-refractivity contribution in [3.05, 3.63) is 30.1 Å². The number of nitrogens with one attached hydrogen (secondary N) is 1. The van der Waals surface area contributed by atoms with E-state index in [9.17, 15) is 14.0 Å². The Balaban J connectivity index is 0.000000534. The fraction of sp³-hybridized carbons (Fsp3) is 0.450. The van der Waals surface area contributed by atoms with Crippen molar-refractivity contribution in [3.8, 4) is 6.07 Å². The maximum Gasteiger partial charge on any atom is 0.414 e. The first-order valence-corrected chi connectivity index (χ1v) is 9.93. The number of likely N-dealkylation sites (tertiary alicyclic amines) is 1. The molecule has 1 aromatic rings. The zero-order valence-corrected chi connectivity index (χ0v) is 17.2. The molecule has 1 atom stereocenters. The summed E-state index contributed by atoms with van der Waals surface area (Å²) in [4.78, 5) is 47.4. The van der Waals surface area contributed by atoms with Crippen molar-refractivity contribution in [2.24, 2.45) is 0 Å². The standard InChI is InChI=1S/C18H22FN5O2.C2H2O4/c19-15-5-1-2-6-16(15)24-11-10-22(18(24)26)9-7-21-13-17(25)23-8-3-4-14(23)12-20;3-1(4)2(5)6/h1-2,5-6,14,21H,3-4,7-11,13H2;(H,3,4)(H,5,6)/t14-;/m1./s1. The number of aliphatic carboxylic acids is 2. The minimum Gasteiger partial charge on any atom is -0.473 e. The molecule has 3 amide bonds. The molecule has 2 aliphatic rings. The molecule has 1 aromatic carbocycles. The number of rotatable bonds is 6. The molecule has 172 valence electrons. The molecule has 0 aliphatic carbocycles. The number of nitrogens with zero attached hydrogens (tertiary/aromatic N) is 4. The number of anilines is 1. The van der Waals surface area contributed by atoms with Gasteiger partial charge in [-0.25, -0.2) is 18.8 Å². The lowest BCUT2D eigenvalue weighted by atomic mass is 10.2. The Labute approximate surface area is 183 Å². The third-order valence-corrected chi connectivity index (χ3v) is 4.98. The van der Waals surface area contributed by atoms with E-state index in [4.69, 9.17) is 25.1 Å². The fourth-order valence-corrected chi connectivity index (χ4v) is 3.39. The van der Waals surface area contributed by atoms with Gasteiger partial charge in [0, 0.05) is 32.7 Å². The zero-order valence-electron chi connectivity index (χ0n) is 17.2. The second kappa shape index (κ2) is 11.6. The Hall–Kier alpha value is -3.72. The van der Waals surface area contributed by atoms with Crippen LogP contribution in [0.25, 0.3) is 0 Å². The third-order valence-electron chi connectivity index (χ3n) is 4.98. The molecule has 2 fully saturated rings. The van der Waals surface area contributed by atoms with Crippen molar-refractivity contribution in [3.63, 3.8) is 0 Å². The first-order chi connectivity index (χ1) is 15.3. The van der Waals surface area contributed by atoms with E-state index < -0.39 is 17.8 Å². The van der Waals surface area contributed by atoms with Crippen LogP contribution in [-0.4, -0.2) is 89.2 Å². The first-order valence-electron chi connectivity index (χ1n) is 9.93. The van der Waals surface area contributed by atoms with Gasteiger partial charge >= 0.3 is 18.0 Å². The molecule has 0 saturated carbocycles. The van der Waals surface area contributed by atoms with Crippen LogP contribution >= 0.6 is 0 Å². The highest BCUT2D eigenvalue weighted by atomic mass is 19.1. The van der Waals surface area contributed by atoms with Crippen LogP contribution in [0, 0.1) is 17.1 Å². The molecule has 2 saturated heterocycles. The minimum absolute atomic E-state index is 0.0882. The topological polar surface area (TPSA) is 154 Å². The van der Waals surface area contributed by atoms with Crippen LogP contribution in [0.2, 0.25) is 0 Å². The molecule has 3 N–H and O–H groups in total. The number of hydrogen-bond donors (Lipinski definition) is 3. The number of carboxylic acid groups (broad SMARTS) is 2. The van der Waals surface area contributed by atoms with E-state index in [0.29, 0.717) is 38.4 Å². The highest BCUT2D eigenvalue weighted by Gasteiger charge is 2.31. The summed E-state index contributed by atoms with van der Waals surface area (Å²) in [6, 6.07) is 7.83. The number of benzene rings is 1. The molecule has 32 heavy (non-hydrogen) atoms. The van der Waals surface area contributed by atoms with Crippen molar-refractivity contribution in [2.75, 3.05) is 44.2 Å². The summed E-state index contributed by atoms with van der Waals surface area (Å²) in [6.07, 6.45) is 1.59. The monoisotopic (exact) mass is 449 g/mol. The van der Waals surface area contributed by atoms with Gasteiger partial charge in [0.2, 0.25) is 5.91 Å². The highest BCUT2D eigenvalue weighted by Crippen LogP contribution is 2.23. The summed E-state index contributed by atoms with van der Waals surface area (Å²) in [5.41, 5.74) is 0.291. The van der Waals surface area contributed by atoms with E-state index in [0.717, 1.165) is 12.8 Å². The molecule has 3 rings (SSSR count). The molecular formula is C20H24FN5O6. The molecule has 2 heterocycles. The van der Waals surface area contributed by atoms with Gasteiger partial charge in [-0.15, -0.1) is 0 Å².